The Labute approximate surface area is 174 Å². The number of carbonyl (C=O) groups is 1. The summed E-state index contributed by atoms with van der Waals surface area (Å²) in [5.41, 5.74) is 2.35. The van der Waals surface area contributed by atoms with Gasteiger partial charge in [0.15, 0.2) is 0 Å². The molecule has 1 saturated heterocycles. The van der Waals surface area contributed by atoms with Gasteiger partial charge >= 0.3 is 0 Å². The van der Waals surface area contributed by atoms with Crippen LogP contribution in [0.15, 0.2) is 30.3 Å². The Morgan fingerprint density at radius 2 is 1.86 bits per heavy atom. The number of aromatic nitrogens is 2. The van der Waals surface area contributed by atoms with E-state index in [1.165, 1.54) is 19.3 Å². The first kappa shape index (κ1) is 21.1. The lowest BCUT2D eigenvalue weighted by Crippen LogP contribution is -2.40. The van der Waals surface area contributed by atoms with E-state index in [1.54, 1.807) is 0 Å². The molecule has 0 spiro atoms. The number of piperidine rings is 1. The monoisotopic (exact) mass is 395 g/mol. The summed E-state index contributed by atoms with van der Waals surface area (Å²) in [5, 5.41) is 2.98. The van der Waals surface area contributed by atoms with Gasteiger partial charge in [0.25, 0.3) is 5.91 Å². The van der Waals surface area contributed by atoms with Crippen LogP contribution in [-0.2, 0) is 0 Å². The molecule has 6 nitrogen and oxygen atoms in total. The SMILES string of the molecule is CCC1CCCCN1c1cc(C(=O)Nc2ccc(N(CC)CC)cc2)nc(C)n1. The van der Waals surface area contributed by atoms with Crippen LogP contribution in [0.5, 0.6) is 0 Å². The second kappa shape index (κ2) is 9.72. The number of anilines is 3. The van der Waals surface area contributed by atoms with Crippen molar-refractivity contribution in [1.29, 1.82) is 0 Å². The predicted octanol–water partition coefficient (Wildman–Crippen LogP) is 4.65. The van der Waals surface area contributed by atoms with Crippen LogP contribution in [-0.4, -0.2) is 41.6 Å². The van der Waals surface area contributed by atoms with E-state index in [0.29, 0.717) is 17.6 Å². The Bertz CT molecular complexity index is 817. The maximum absolute atomic E-state index is 12.9. The normalized spacial score (nSPS) is 16.6. The fraction of sp³-hybridized carbons (Fsp3) is 0.522. The molecule has 1 aliphatic heterocycles. The van der Waals surface area contributed by atoms with Gasteiger partial charge in [-0.1, -0.05) is 6.92 Å². The summed E-state index contributed by atoms with van der Waals surface area (Å²) in [6.45, 7) is 11.2. The molecule has 1 unspecified atom stereocenters. The van der Waals surface area contributed by atoms with Gasteiger partial charge in [-0.3, -0.25) is 4.79 Å². The van der Waals surface area contributed by atoms with Crippen LogP contribution >= 0.6 is 0 Å². The third-order valence-corrected chi connectivity index (χ3v) is 5.70. The summed E-state index contributed by atoms with van der Waals surface area (Å²) in [6, 6.07) is 10.3. The Hall–Kier alpha value is -2.63. The first-order valence-corrected chi connectivity index (χ1v) is 10.8. The van der Waals surface area contributed by atoms with Crippen LogP contribution in [0.1, 0.15) is 62.8 Å². The number of rotatable bonds is 7. The number of nitrogens with zero attached hydrogens (tertiary/aromatic N) is 4. The molecule has 0 saturated carbocycles. The average Bonchev–Trinajstić information content (AvgIpc) is 2.75. The summed E-state index contributed by atoms with van der Waals surface area (Å²) < 4.78 is 0. The summed E-state index contributed by atoms with van der Waals surface area (Å²) in [6.07, 6.45) is 4.69. The van der Waals surface area contributed by atoms with Gasteiger partial charge in [0.05, 0.1) is 0 Å². The molecule has 0 radical (unpaired) electrons. The van der Waals surface area contributed by atoms with E-state index in [9.17, 15) is 4.79 Å². The van der Waals surface area contributed by atoms with E-state index in [1.807, 2.05) is 37.3 Å². The molecule has 156 valence electrons. The van der Waals surface area contributed by atoms with Crippen molar-refractivity contribution in [2.24, 2.45) is 0 Å². The number of hydrogen-bond donors (Lipinski definition) is 1. The van der Waals surface area contributed by atoms with Gasteiger partial charge in [-0.15, -0.1) is 0 Å². The highest BCUT2D eigenvalue weighted by molar-refractivity contribution is 6.03. The molecule has 3 rings (SSSR count). The summed E-state index contributed by atoms with van der Waals surface area (Å²) in [5.74, 6) is 1.30. The number of hydrogen-bond acceptors (Lipinski definition) is 5. The van der Waals surface area contributed by atoms with Crippen LogP contribution < -0.4 is 15.1 Å². The first-order valence-electron chi connectivity index (χ1n) is 10.8. The molecule has 1 aromatic heterocycles. The van der Waals surface area contributed by atoms with E-state index in [2.05, 4.69) is 45.9 Å². The molecule has 1 aliphatic rings. The number of aryl methyl sites for hydroxylation is 1. The zero-order valence-electron chi connectivity index (χ0n) is 18.1. The van der Waals surface area contributed by atoms with E-state index in [0.717, 1.165) is 43.2 Å². The predicted molar refractivity (Wildman–Crippen MR) is 120 cm³/mol. The Morgan fingerprint density at radius 1 is 1.14 bits per heavy atom. The van der Waals surface area contributed by atoms with Gasteiger partial charge in [0.1, 0.15) is 17.3 Å². The van der Waals surface area contributed by atoms with Crippen LogP contribution in [0.2, 0.25) is 0 Å². The van der Waals surface area contributed by atoms with Gasteiger partial charge < -0.3 is 15.1 Å². The van der Waals surface area contributed by atoms with E-state index < -0.39 is 0 Å². The Balaban J connectivity index is 1.76. The molecule has 0 aliphatic carbocycles. The van der Waals surface area contributed by atoms with Gasteiger partial charge in [0, 0.05) is 43.1 Å². The quantitative estimate of drug-likeness (QED) is 0.739. The third-order valence-electron chi connectivity index (χ3n) is 5.70. The lowest BCUT2D eigenvalue weighted by atomic mass is 10.00. The highest BCUT2D eigenvalue weighted by Gasteiger charge is 2.23. The summed E-state index contributed by atoms with van der Waals surface area (Å²) >= 11 is 0. The van der Waals surface area contributed by atoms with Crippen LogP contribution in [0.4, 0.5) is 17.2 Å². The summed E-state index contributed by atoms with van der Waals surface area (Å²) in [7, 11) is 0. The largest absolute Gasteiger partial charge is 0.372 e. The van der Waals surface area contributed by atoms with Crippen LogP contribution in [0.3, 0.4) is 0 Å². The molecule has 2 aromatic rings. The second-order valence-corrected chi connectivity index (χ2v) is 7.58. The van der Waals surface area contributed by atoms with Gasteiger partial charge in [0.2, 0.25) is 0 Å². The van der Waals surface area contributed by atoms with E-state index in [4.69, 9.17) is 0 Å². The number of amides is 1. The number of nitrogens with one attached hydrogen (secondary N) is 1. The maximum atomic E-state index is 12.9. The van der Waals surface area contributed by atoms with Gasteiger partial charge in [-0.2, -0.15) is 0 Å². The van der Waals surface area contributed by atoms with Crippen molar-refractivity contribution in [2.75, 3.05) is 34.8 Å². The average molecular weight is 396 g/mol. The molecular weight excluding hydrogens is 362 g/mol. The smallest absolute Gasteiger partial charge is 0.274 e. The molecule has 6 heteroatoms. The molecule has 29 heavy (non-hydrogen) atoms. The minimum atomic E-state index is -0.197. The lowest BCUT2D eigenvalue weighted by Gasteiger charge is -2.36. The first-order chi connectivity index (χ1) is 14.0. The summed E-state index contributed by atoms with van der Waals surface area (Å²) in [4.78, 5) is 26.5. The standard InChI is InChI=1S/C23H33N5O/c1-5-19-10-8-9-15-28(19)22-16-21(24-17(4)25-22)23(29)26-18-11-13-20(14-12-18)27(6-2)7-3/h11-14,16,19H,5-10,15H2,1-4H3,(H,26,29). The topological polar surface area (TPSA) is 61.4 Å². The number of benzene rings is 1. The minimum absolute atomic E-state index is 0.197. The number of carbonyl (C=O) groups excluding carboxylic acids is 1. The minimum Gasteiger partial charge on any atom is -0.372 e. The zero-order valence-corrected chi connectivity index (χ0v) is 18.1. The highest BCUT2D eigenvalue weighted by Crippen LogP contribution is 2.26. The van der Waals surface area contributed by atoms with Crippen molar-refractivity contribution in [3.63, 3.8) is 0 Å². The fourth-order valence-corrected chi connectivity index (χ4v) is 4.08. The Morgan fingerprint density at radius 3 is 2.52 bits per heavy atom. The van der Waals surface area contributed by atoms with Crippen molar-refractivity contribution in [3.8, 4) is 0 Å². The van der Waals surface area contributed by atoms with Crippen LogP contribution in [0, 0.1) is 6.92 Å². The van der Waals surface area contributed by atoms with Crippen molar-refractivity contribution >= 4 is 23.1 Å². The maximum Gasteiger partial charge on any atom is 0.274 e. The second-order valence-electron chi connectivity index (χ2n) is 7.58. The van der Waals surface area contributed by atoms with Crippen molar-refractivity contribution < 1.29 is 4.79 Å². The van der Waals surface area contributed by atoms with Crippen molar-refractivity contribution in [3.05, 3.63) is 41.9 Å². The third kappa shape index (κ3) is 5.05. The molecule has 1 N–H and O–H groups in total. The molecule has 1 aromatic carbocycles. The van der Waals surface area contributed by atoms with Crippen molar-refractivity contribution in [1.82, 2.24) is 9.97 Å². The van der Waals surface area contributed by atoms with Gasteiger partial charge in [-0.05, 0) is 70.7 Å². The van der Waals surface area contributed by atoms with Crippen LogP contribution in [0.25, 0.3) is 0 Å². The zero-order chi connectivity index (χ0) is 20.8. The molecule has 0 bridgehead atoms. The Kier molecular flexibility index (Phi) is 7.07. The fourth-order valence-electron chi connectivity index (χ4n) is 4.08. The van der Waals surface area contributed by atoms with Gasteiger partial charge in [-0.25, -0.2) is 9.97 Å². The van der Waals surface area contributed by atoms with E-state index >= 15 is 0 Å². The van der Waals surface area contributed by atoms with E-state index in [-0.39, 0.29) is 5.91 Å². The lowest BCUT2D eigenvalue weighted by molar-refractivity contribution is 0.102. The molecule has 1 fully saturated rings. The molecule has 1 amide bonds. The van der Waals surface area contributed by atoms with Crippen molar-refractivity contribution in [2.45, 2.75) is 59.4 Å². The molecular formula is C23H33N5O. The highest BCUT2D eigenvalue weighted by atomic mass is 16.1. The molecule has 1 atom stereocenters. The molecule has 2 heterocycles.